The molecule has 0 radical (unpaired) electrons. The van der Waals surface area contributed by atoms with Crippen molar-refractivity contribution in [2.24, 2.45) is 0 Å². The lowest BCUT2D eigenvalue weighted by Crippen LogP contribution is -2.03. The predicted molar refractivity (Wildman–Crippen MR) is 112 cm³/mol. The van der Waals surface area contributed by atoms with Crippen molar-refractivity contribution in [3.63, 3.8) is 0 Å². The third-order valence-corrected chi connectivity index (χ3v) is 4.51. The molecule has 0 aliphatic heterocycles. The standard InChI is InChI=1S/C22H21Cl2NO2/c1-2-26-22-13-16(14-25-20-9-4-3-8-19(20)24)10-11-21(22)27-15-17-6-5-7-18(23)12-17/h3-13,25H,2,14-15H2,1H3. The van der Waals surface area contributed by atoms with Crippen molar-refractivity contribution in [1.29, 1.82) is 0 Å². The molecule has 0 bridgehead atoms. The third-order valence-electron chi connectivity index (χ3n) is 3.95. The molecule has 0 heterocycles. The molecule has 0 aliphatic rings. The maximum absolute atomic E-state index is 6.19. The van der Waals surface area contributed by atoms with Gasteiger partial charge < -0.3 is 14.8 Å². The minimum Gasteiger partial charge on any atom is -0.490 e. The summed E-state index contributed by atoms with van der Waals surface area (Å²) in [5.74, 6) is 1.43. The zero-order valence-electron chi connectivity index (χ0n) is 15.0. The van der Waals surface area contributed by atoms with Crippen LogP contribution in [0.5, 0.6) is 11.5 Å². The molecule has 0 atom stereocenters. The summed E-state index contributed by atoms with van der Waals surface area (Å²) in [5.41, 5.74) is 2.99. The second-order valence-electron chi connectivity index (χ2n) is 5.97. The average molecular weight is 402 g/mol. The number of halogens is 2. The number of hydrogen-bond acceptors (Lipinski definition) is 3. The van der Waals surface area contributed by atoms with E-state index in [2.05, 4.69) is 5.32 Å². The number of para-hydroxylation sites is 1. The summed E-state index contributed by atoms with van der Waals surface area (Å²) < 4.78 is 11.7. The molecule has 0 spiro atoms. The van der Waals surface area contributed by atoms with E-state index >= 15 is 0 Å². The van der Waals surface area contributed by atoms with Crippen molar-refractivity contribution < 1.29 is 9.47 Å². The van der Waals surface area contributed by atoms with E-state index in [1.807, 2.05) is 73.7 Å². The molecule has 0 aromatic heterocycles. The van der Waals surface area contributed by atoms with Crippen LogP contribution >= 0.6 is 23.2 Å². The van der Waals surface area contributed by atoms with Gasteiger partial charge in [0.2, 0.25) is 0 Å². The second-order valence-corrected chi connectivity index (χ2v) is 6.81. The maximum Gasteiger partial charge on any atom is 0.161 e. The molecule has 27 heavy (non-hydrogen) atoms. The Morgan fingerprint density at radius 3 is 2.44 bits per heavy atom. The van der Waals surface area contributed by atoms with Crippen LogP contribution < -0.4 is 14.8 Å². The van der Waals surface area contributed by atoms with Crippen LogP contribution in [0.3, 0.4) is 0 Å². The van der Waals surface area contributed by atoms with Crippen molar-refractivity contribution in [2.75, 3.05) is 11.9 Å². The van der Waals surface area contributed by atoms with Crippen molar-refractivity contribution in [3.05, 3.63) is 87.9 Å². The van der Waals surface area contributed by atoms with Crippen LogP contribution in [0.4, 0.5) is 5.69 Å². The Balaban J connectivity index is 1.69. The molecule has 0 saturated heterocycles. The maximum atomic E-state index is 6.19. The molecule has 3 rings (SSSR count). The third kappa shape index (κ3) is 5.56. The zero-order valence-corrected chi connectivity index (χ0v) is 16.6. The monoisotopic (exact) mass is 401 g/mol. The number of nitrogens with one attached hydrogen (secondary N) is 1. The van der Waals surface area contributed by atoms with Crippen molar-refractivity contribution in [3.8, 4) is 11.5 Å². The fraction of sp³-hybridized carbons (Fsp3) is 0.182. The van der Waals surface area contributed by atoms with Crippen molar-refractivity contribution >= 4 is 28.9 Å². The smallest absolute Gasteiger partial charge is 0.161 e. The van der Waals surface area contributed by atoms with E-state index in [0.717, 1.165) is 22.6 Å². The molecule has 140 valence electrons. The molecule has 0 aliphatic carbocycles. The van der Waals surface area contributed by atoms with E-state index in [0.29, 0.717) is 35.6 Å². The van der Waals surface area contributed by atoms with Gasteiger partial charge in [0.1, 0.15) is 6.61 Å². The van der Waals surface area contributed by atoms with E-state index in [-0.39, 0.29) is 0 Å². The number of ether oxygens (including phenoxy) is 2. The minimum absolute atomic E-state index is 0.428. The lowest BCUT2D eigenvalue weighted by molar-refractivity contribution is 0.269. The van der Waals surface area contributed by atoms with Crippen LogP contribution in [0, 0.1) is 0 Å². The molecule has 0 saturated carbocycles. The van der Waals surface area contributed by atoms with Crippen LogP contribution in [0.15, 0.2) is 66.7 Å². The van der Waals surface area contributed by atoms with Gasteiger partial charge in [0.15, 0.2) is 11.5 Å². The number of rotatable bonds is 8. The van der Waals surface area contributed by atoms with Gasteiger partial charge in [0.25, 0.3) is 0 Å². The second kappa shape index (κ2) is 9.54. The summed E-state index contributed by atoms with van der Waals surface area (Å²) in [5, 5.41) is 4.73. The molecular weight excluding hydrogens is 381 g/mol. The first-order chi connectivity index (χ1) is 13.2. The Morgan fingerprint density at radius 1 is 0.815 bits per heavy atom. The largest absolute Gasteiger partial charge is 0.490 e. The Bertz CT molecular complexity index is 899. The highest BCUT2D eigenvalue weighted by Gasteiger charge is 2.08. The van der Waals surface area contributed by atoms with Crippen LogP contribution in [0.2, 0.25) is 10.0 Å². The molecule has 0 unspecified atom stereocenters. The molecule has 3 nitrogen and oxygen atoms in total. The van der Waals surface area contributed by atoms with Gasteiger partial charge in [-0.15, -0.1) is 0 Å². The highest BCUT2D eigenvalue weighted by atomic mass is 35.5. The summed E-state index contributed by atoms with van der Waals surface area (Å²) in [6, 6.07) is 21.2. The fourth-order valence-corrected chi connectivity index (χ4v) is 3.06. The first-order valence-electron chi connectivity index (χ1n) is 8.77. The van der Waals surface area contributed by atoms with E-state index in [4.69, 9.17) is 32.7 Å². The summed E-state index contributed by atoms with van der Waals surface area (Å²) in [6.07, 6.45) is 0. The van der Waals surface area contributed by atoms with Crippen LogP contribution in [-0.4, -0.2) is 6.61 Å². The Kier molecular flexibility index (Phi) is 6.86. The van der Waals surface area contributed by atoms with Gasteiger partial charge in [-0.2, -0.15) is 0 Å². The topological polar surface area (TPSA) is 30.5 Å². The van der Waals surface area contributed by atoms with E-state index in [1.165, 1.54) is 0 Å². The molecule has 3 aromatic carbocycles. The van der Waals surface area contributed by atoms with E-state index in [1.54, 1.807) is 0 Å². The van der Waals surface area contributed by atoms with E-state index in [9.17, 15) is 0 Å². The normalized spacial score (nSPS) is 10.5. The van der Waals surface area contributed by atoms with Gasteiger partial charge in [0, 0.05) is 11.6 Å². The zero-order chi connectivity index (χ0) is 19.1. The molecule has 0 fully saturated rings. The van der Waals surface area contributed by atoms with Gasteiger partial charge >= 0.3 is 0 Å². The highest BCUT2D eigenvalue weighted by molar-refractivity contribution is 6.33. The van der Waals surface area contributed by atoms with Gasteiger partial charge in [-0.3, -0.25) is 0 Å². The van der Waals surface area contributed by atoms with Crippen molar-refractivity contribution in [2.45, 2.75) is 20.1 Å². The summed E-state index contributed by atoms with van der Waals surface area (Å²) in [4.78, 5) is 0. The summed E-state index contributed by atoms with van der Waals surface area (Å²) in [7, 11) is 0. The fourth-order valence-electron chi connectivity index (χ4n) is 2.64. The Morgan fingerprint density at radius 2 is 1.67 bits per heavy atom. The van der Waals surface area contributed by atoms with Crippen LogP contribution in [0.25, 0.3) is 0 Å². The van der Waals surface area contributed by atoms with Gasteiger partial charge in [-0.05, 0) is 54.4 Å². The SMILES string of the molecule is CCOc1cc(CNc2ccccc2Cl)ccc1OCc1cccc(Cl)c1. The number of hydrogen-bond donors (Lipinski definition) is 1. The van der Waals surface area contributed by atoms with Crippen LogP contribution in [-0.2, 0) is 13.2 Å². The quantitative estimate of drug-likeness (QED) is 0.462. The molecule has 3 aromatic rings. The van der Waals surface area contributed by atoms with Crippen molar-refractivity contribution in [1.82, 2.24) is 0 Å². The Labute approximate surface area is 169 Å². The summed E-state index contributed by atoms with van der Waals surface area (Å²) >= 11 is 12.2. The highest BCUT2D eigenvalue weighted by Crippen LogP contribution is 2.30. The van der Waals surface area contributed by atoms with Crippen LogP contribution in [0.1, 0.15) is 18.1 Å². The lowest BCUT2D eigenvalue weighted by Gasteiger charge is -2.14. The predicted octanol–water partition coefficient (Wildman–Crippen LogP) is 6.58. The molecule has 0 amide bonds. The van der Waals surface area contributed by atoms with E-state index < -0.39 is 0 Å². The van der Waals surface area contributed by atoms with Gasteiger partial charge in [0.05, 0.1) is 17.3 Å². The average Bonchev–Trinajstić information content (AvgIpc) is 2.67. The number of anilines is 1. The molecule has 1 N–H and O–H groups in total. The van der Waals surface area contributed by atoms with Gasteiger partial charge in [-0.25, -0.2) is 0 Å². The molecular formula is C22H21Cl2NO2. The van der Waals surface area contributed by atoms with Gasteiger partial charge in [-0.1, -0.05) is 53.5 Å². The summed E-state index contributed by atoms with van der Waals surface area (Å²) in [6.45, 7) is 3.58. The first-order valence-corrected chi connectivity index (χ1v) is 9.52. The molecule has 5 heteroatoms. The lowest BCUT2D eigenvalue weighted by atomic mass is 10.2. The Hall–Kier alpha value is -2.36. The first kappa shape index (κ1) is 19.4. The number of benzene rings is 3. The minimum atomic E-state index is 0.428.